The molecule has 2 heterocycles. The Bertz CT molecular complexity index is 718. The highest BCUT2D eigenvalue weighted by Crippen LogP contribution is 2.25. The fourth-order valence-corrected chi connectivity index (χ4v) is 3.47. The number of amides is 1. The van der Waals surface area contributed by atoms with Gasteiger partial charge in [0.05, 0.1) is 11.1 Å². The maximum Gasteiger partial charge on any atom is 0.254 e. The fourth-order valence-electron chi connectivity index (χ4n) is 3.47. The molecule has 1 amide bonds. The van der Waals surface area contributed by atoms with Crippen molar-refractivity contribution in [2.24, 2.45) is 5.92 Å². The number of nitrogens with one attached hydrogen (secondary N) is 1. The van der Waals surface area contributed by atoms with E-state index in [0.717, 1.165) is 54.6 Å². The maximum absolute atomic E-state index is 13.1. The highest BCUT2D eigenvalue weighted by molar-refractivity contribution is 6.06. The minimum absolute atomic E-state index is 0.151. The van der Waals surface area contributed by atoms with Crippen LogP contribution in [0.2, 0.25) is 0 Å². The van der Waals surface area contributed by atoms with Crippen LogP contribution in [0.3, 0.4) is 0 Å². The van der Waals surface area contributed by atoms with Crippen LogP contribution in [-0.2, 0) is 0 Å². The van der Waals surface area contributed by atoms with E-state index in [1.807, 2.05) is 42.3 Å². The van der Waals surface area contributed by atoms with Gasteiger partial charge in [0.15, 0.2) is 0 Å². The highest BCUT2D eigenvalue weighted by atomic mass is 16.2. The molecule has 0 aliphatic carbocycles. The normalized spacial score (nSPS) is 16.1. The van der Waals surface area contributed by atoms with Crippen molar-refractivity contribution >= 4 is 16.8 Å². The van der Waals surface area contributed by atoms with E-state index < -0.39 is 0 Å². The van der Waals surface area contributed by atoms with Crippen molar-refractivity contribution < 1.29 is 4.79 Å². The van der Waals surface area contributed by atoms with E-state index in [9.17, 15) is 4.79 Å². The standard InChI is InChI=1S/C20H27N3O/c1-14(2)19-12-17(16-6-4-5-7-18(16)22-19)20(24)23-10-8-15(9-11-23)13-21-3/h4-7,12,14-15,21H,8-11,13H2,1-3H3. The van der Waals surface area contributed by atoms with E-state index >= 15 is 0 Å². The zero-order chi connectivity index (χ0) is 17.1. The second-order valence-electron chi connectivity index (χ2n) is 7.06. The summed E-state index contributed by atoms with van der Waals surface area (Å²) in [6.07, 6.45) is 2.15. The number of pyridine rings is 1. The molecule has 2 aromatic rings. The second kappa shape index (κ2) is 7.31. The number of nitrogens with zero attached hydrogens (tertiary/aromatic N) is 2. The van der Waals surface area contributed by atoms with Gasteiger partial charge in [-0.25, -0.2) is 0 Å². The molecule has 1 aromatic heterocycles. The monoisotopic (exact) mass is 325 g/mol. The summed E-state index contributed by atoms with van der Waals surface area (Å²) in [5.74, 6) is 1.14. The molecule has 1 fully saturated rings. The number of fused-ring (bicyclic) bond motifs is 1. The lowest BCUT2D eigenvalue weighted by Gasteiger charge is -2.32. The van der Waals surface area contributed by atoms with Gasteiger partial charge in [-0.15, -0.1) is 0 Å². The number of likely N-dealkylation sites (tertiary alicyclic amines) is 1. The first-order chi connectivity index (χ1) is 11.6. The summed E-state index contributed by atoms with van der Waals surface area (Å²) in [6, 6.07) is 9.96. The van der Waals surface area contributed by atoms with Crippen LogP contribution in [0.1, 0.15) is 48.7 Å². The lowest BCUT2D eigenvalue weighted by atomic mass is 9.95. The Morgan fingerprint density at radius 1 is 1.29 bits per heavy atom. The molecule has 3 rings (SSSR count). The summed E-state index contributed by atoms with van der Waals surface area (Å²) in [4.78, 5) is 19.9. The number of piperidine rings is 1. The quantitative estimate of drug-likeness (QED) is 0.937. The maximum atomic E-state index is 13.1. The molecular weight excluding hydrogens is 298 g/mol. The van der Waals surface area contributed by atoms with Crippen LogP contribution in [0.4, 0.5) is 0 Å². The Labute approximate surface area is 144 Å². The predicted octanol–water partition coefficient (Wildman–Crippen LogP) is 3.43. The van der Waals surface area contributed by atoms with E-state index in [4.69, 9.17) is 4.98 Å². The molecular formula is C20H27N3O. The molecule has 0 radical (unpaired) electrons. The molecule has 4 nitrogen and oxygen atoms in total. The molecule has 4 heteroatoms. The van der Waals surface area contributed by atoms with Crippen LogP contribution in [0.15, 0.2) is 30.3 Å². The first-order valence-electron chi connectivity index (χ1n) is 8.93. The molecule has 1 aliphatic heterocycles. The molecule has 0 spiro atoms. The summed E-state index contributed by atoms with van der Waals surface area (Å²) >= 11 is 0. The third-order valence-corrected chi connectivity index (χ3v) is 4.95. The minimum Gasteiger partial charge on any atom is -0.339 e. The van der Waals surface area contributed by atoms with Gasteiger partial charge in [0.1, 0.15) is 0 Å². The van der Waals surface area contributed by atoms with E-state index in [1.54, 1.807) is 0 Å². The Hall–Kier alpha value is -1.94. The molecule has 1 aliphatic rings. The molecule has 0 atom stereocenters. The number of hydrogen-bond acceptors (Lipinski definition) is 3. The van der Waals surface area contributed by atoms with Gasteiger partial charge in [0.2, 0.25) is 0 Å². The summed E-state index contributed by atoms with van der Waals surface area (Å²) in [7, 11) is 1.99. The first-order valence-corrected chi connectivity index (χ1v) is 8.93. The number of carbonyl (C=O) groups excluding carboxylic acids is 1. The number of aromatic nitrogens is 1. The topological polar surface area (TPSA) is 45.2 Å². The summed E-state index contributed by atoms with van der Waals surface area (Å²) in [5, 5.41) is 4.21. The third kappa shape index (κ3) is 3.44. The average molecular weight is 325 g/mol. The average Bonchev–Trinajstić information content (AvgIpc) is 2.61. The Morgan fingerprint density at radius 3 is 2.67 bits per heavy atom. The molecule has 24 heavy (non-hydrogen) atoms. The SMILES string of the molecule is CNCC1CCN(C(=O)c2cc(C(C)C)nc3ccccc23)CC1. The zero-order valence-corrected chi connectivity index (χ0v) is 14.9. The summed E-state index contributed by atoms with van der Waals surface area (Å²) < 4.78 is 0. The van der Waals surface area contributed by atoms with Crippen LogP contribution in [0.5, 0.6) is 0 Å². The van der Waals surface area contributed by atoms with Crippen LogP contribution in [-0.4, -0.2) is 42.5 Å². The van der Waals surface area contributed by atoms with Gasteiger partial charge in [-0.1, -0.05) is 32.0 Å². The van der Waals surface area contributed by atoms with Crippen LogP contribution in [0, 0.1) is 5.92 Å². The summed E-state index contributed by atoms with van der Waals surface area (Å²) in [6.45, 7) is 6.97. The van der Waals surface area contributed by atoms with E-state index in [2.05, 4.69) is 19.2 Å². The van der Waals surface area contributed by atoms with Gasteiger partial charge in [-0.3, -0.25) is 9.78 Å². The van der Waals surface area contributed by atoms with Crippen LogP contribution in [0.25, 0.3) is 10.9 Å². The number of benzene rings is 1. The van der Waals surface area contributed by atoms with Gasteiger partial charge in [0.25, 0.3) is 5.91 Å². The molecule has 1 aromatic carbocycles. The first kappa shape index (κ1) is 16.9. The molecule has 128 valence electrons. The molecule has 0 bridgehead atoms. The molecule has 1 N–H and O–H groups in total. The van der Waals surface area contributed by atoms with Gasteiger partial charge in [0, 0.05) is 24.2 Å². The van der Waals surface area contributed by atoms with Crippen LogP contribution < -0.4 is 5.32 Å². The number of carbonyl (C=O) groups is 1. The van der Waals surface area contributed by atoms with Gasteiger partial charge < -0.3 is 10.2 Å². The Kier molecular flexibility index (Phi) is 5.14. The van der Waals surface area contributed by atoms with E-state index in [1.165, 1.54) is 0 Å². The predicted molar refractivity (Wildman–Crippen MR) is 98.4 cm³/mol. The van der Waals surface area contributed by atoms with E-state index in [0.29, 0.717) is 11.8 Å². The van der Waals surface area contributed by atoms with Gasteiger partial charge in [-0.2, -0.15) is 0 Å². The minimum atomic E-state index is 0.151. The number of rotatable bonds is 4. The zero-order valence-electron chi connectivity index (χ0n) is 14.9. The van der Waals surface area contributed by atoms with Crippen molar-refractivity contribution in [1.82, 2.24) is 15.2 Å². The van der Waals surface area contributed by atoms with Crippen molar-refractivity contribution in [3.05, 3.63) is 41.6 Å². The lowest BCUT2D eigenvalue weighted by molar-refractivity contribution is 0.0692. The van der Waals surface area contributed by atoms with Crippen LogP contribution >= 0.6 is 0 Å². The molecule has 1 saturated heterocycles. The smallest absolute Gasteiger partial charge is 0.254 e. The largest absolute Gasteiger partial charge is 0.339 e. The van der Waals surface area contributed by atoms with Gasteiger partial charge >= 0.3 is 0 Å². The van der Waals surface area contributed by atoms with Crippen molar-refractivity contribution in [3.8, 4) is 0 Å². The fraction of sp³-hybridized carbons (Fsp3) is 0.500. The molecule has 0 unspecified atom stereocenters. The summed E-state index contributed by atoms with van der Waals surface area (Å²) in [5.41, 5.74) is 2.70. The van der Waals surface area contributed by atoms with Crippen molar-refractivity contribution in [1.29, 1.82) is 0 Å². The number of hydrogen-bond donors (Lipinski definition) is 1. The third-order valence-electron chi connectivity index (χ3n) is 4.95. The number of para-hydroxylation sites is 1. The van der Waals surface area contributed by atoms with E-state index in [-0.39, 0.29) is 5.91 Å². The Balaban J connectivity index is 1.89. The lowest BCUT2D eigenvalue weighted by Crippen LogP contribution is -2.40. The van der Waals surface area contributed by atoms with Gasteiger partial charge in [-0.05, 0) is 50.4 Å². The molecule has 0 saturated carbocycles. The van der Waals surface area contributed by atoms with Crippen molar-refractivity contribution in [2.75, 3.05) is 26.7 Å². The van der Waals surface area contributed by atoms with Crippen molar-refractivity contribution in [3.63, 3.8) is 0 Å². The Morgan fingerprint density at radius 2 is 2.00 bits per heavy atom. The second-order valence-corrected chi connectivity index (χ2v) is 7.06. The highest BCUT2D eigenvalue weighted by Gasteiger charge is 2.25. The van der Waals surface area contributed by atoms with Crippen molar-refractivity contribution in [2.45, 2.75) is 32.6 Å².